The first kappa shape index (κ1) is 24.6. The Kier molecular flexibility index (Phi) is 7.33. The van der Waals surface area contributed by atoms with E-state index in [9.17, 15) is 0 Å². The number of ether oxygens (including phenoxy) is 1. The topological polar surface area (TPSA) is 67.6 Å². The molecule has 0 radical (unpaired) electrons. The average molecular weight is 570 g/mol. The van der Waals surface area contributed by atoms with Gasteiger partial charge >= 0.3 is 0 Å². The highest BCUT2D eigenvalue weighted by atomic mass is 79.9. The maximum atomic E-state index is 5.93. The molecule has 8 heteroatoms. The van der Waals surface area contributed by atoms with Crippen molar-refractivity contribution in [3.8, 4) is 11.5 Å². The molecule has 6 rings (SSSR count). The highest BCUT2D eigenvalue weighted by Crippen LogP contribution is 2.31. The van der Waals surface area contributed by atoms with Crippen LogP contribution in [0.2, 0.25) is 0 Å². The van der Waals surface area contributed by atoms with E-state index in [0.29, 0.717) is 12.5 Å². The van der Waals surface area contributed by atoms with Crippen molar-refractivity contribution in [1.82, 2.24) is 24.5 Å². The fourth-order valence-electron chi connectivity index (χ4n) is 4.92. The number of hydrogen-bond acceptors (Lipinski definition) is 6. The summed E-state index contributed by atoms with van der Waals surface area (Å²) in [6, 6.07) is 24.5. The van der Waals surface area contributed by atoms with E-state index in [1.54, 1.807) is 12.4 Å². The summed E-state index contributed by atoms with van der Waals surface area (Å²) in [7, 11) is 0. The minimum atomic E-state index is 0.415. The monoisotopic (exact) mass is 568 g/mol. The number of fused-ring (bicyclic) bond motifs is 1. The van der Waals surface area contributed by atoms with Crippen molar-refractivity contribution in [3.63, 3.8) is 0 Å². The lowest BCUT2D eigenvalue weighted by Crippen LogP contribution is -2.32. The molecule has 0 aliphatic carbocycles. The van der Waals surface area contributed by atoms with Crippen molar-refractivity contribution in [1.29, 1.82) is 0 Å². The van der Waals surface area contributed by atoms with E-state index in [-0.39, 0.29) is 0 Å². The number of rotatable bonds is 8. The molecule has 0 unspecified atom stereocenters. The second-order valence-electron chi connectivity index (χ2n) is 9.62. The number of piperidine rings is 1. The Labute approximate surface area is 230 Å². The van der Waals surface area contributed by atoms with Crippen LogP contribution in [0, 0.1) is 0 Å². The second-order valence-corrected chi connectivity index (χ2v) is 10.5. The van der Waals surface area contributed by atoms with Crippen LogP contribution in [0.3, 0.4) is 0 Å². The Morgan fingerprint density at radius 3 is 2.45 bits per heavy atom. The van der Waals surface area contributed by atoms with E-state index in [0.717, 1.165) is 71.2 Å². The number of halogens is 1. The lowest BCUT2D eigenvalue weighted by molar-refractivity contribution is 0.203. The molecule has 0 amide bonds. The van der Waals surface area contributed by atoms with Crippen LogP contribution in [-0.4, -0.2) is 37.6 Å². The predicted molar refractivity (Wildman–Crippen MR) is 152 cm³/mol. The highest BCUT2D eigenvalue weighted by molar-refractivity contribution is 9.10. The zero-order chi connectivity index (χ0) is 25.7. The molecule has 38 heavy (non-hydrogen) atoms. The van der Waals surface area contributed by atoms with Crippen LogP contribution >= 0.6 is 15.9 Å². The molecule has 0 bridgehead atoms. The van der Waals surface area contributed by atoms with Crippen LogP contribution in [-0.2, 0) is 13.1 Å². The van der Waals surface area contributed by atoms with Gasteiger partial charge in [-0.1, -0.05) is 36.4 Å². The third kappa shape index (κ3) is 5.71. The molecule has 0 spiro atoms. The van der Waals surface area contributed by atoms with Crippen molar-refractivity contribution < 1.29 is 4.74 Å². The molecule has 3 aromatic heterocycles. The fraction of sp³-hybridized carbons (Fsp3) is 0.233. The van der Waals surface area contributed by atoms with Gasteiger partial charge in [0.15, 0.2) is 5.65 Å². The van der Waals surface area contributed by atoms with E-state index in [4.69, 9.17) is 9.72 Å². The number of nitrogens with zero attached hydrogens (tertiary/aromatic N) is 5. The second kappa shape index (κ2) is 11.3. The van der Waals surface area contributed by atoms with Crippen molar-refractivity contribution in [2.45, 2.75) is 31.8 Å². The maximum absolute atomic E-state index is 5.93. The van der Waals surface area contributed by atoms with Gasteiger partial charge in [0.05, 0.1) is 10.7 Å². The molecule has 1 aliphatic rings. The van der Waals surface area contributed by atoms with Gasteiger partial charge in [-0.3, -0.25) is 9.88 Å². The minimum Gasteiger partial charge on any atom is -0.457 e. The normalized spacial score (nSPS) is 14.6. The molecule has 0 saturated carbocycles. The van der Waals surface area contributed by atoms with Crippen molar-refractivity contribution in [2.24, 2.45) is 0 Å². The fourth-order valence-corrected chi connectivity index (χ4v) is 5.27. The van der Waals surface area contributed by atoms with Crippen LogP contribution in [0.4, 0.5) is 5.82 Å². The summed E-state index contributed by atoms with van der Waals surface area (Å²) < 4.78 is 8.70. The van der Waals surface area contributed by atoms with E-state index in [1.165, 1.54) is 5.56 Å². The number of para-hydroxylation sites is 1. The van der Waals surface area contributed by atoms with Gasteiger partial charge in [0.25, 0.3) is 0 Å². The molecule has 1 N–H and O–H groups in total. The SMILES string of the molecule is Brc1cnn2c(NCc3cccnc3)cc(C3CCN(Cc4ccc(Oc5ccccc5)cc4)CC3)nc12. The summed E-state index contributed by atoms with van der Waals surface area (Å²) in [6.45, 7) is 3.70. The standard InChI is InChI=1S/C30H29BrN6O/c31-27-20-34-37-29(33-19-23-5-4-14-32-18-23)17-28(35-30(27)37)24-12-15-36(16-13-24)21-22-8-10-26(11-9-22)38-25-6-2-1-3-7-25/h1-11,14,17-18,20,24,33H,12-13,15-16,19,21H2. The summed E-state index contributed by atoms with van der Waals surface area (Å²) >= 11 is 3.62. The van der Waals surface area contributed by atoms with E-state index >= 15 is 0 Å². The molecule has 5 aromatic rings. The summed E-state index contributed by atoms with van der Waals surface area (Å²) in [4.78, 5) is 11.7. The van der Waals surface area contributed by atoms with Crippen molar-refractivity contribution in [3.05, 3.63) is 113 Å². The molecule has 1 aliphatic heterocycles. The predicted octanol–water partition coefficient (Wildman–Crippen LogP) is 6.67. The molecule has 4 heterocycles. The lowest BCUT2D eigenvalue weighted by atomic mass is 9.93. The number of anilines is 1. The third-order valence-electron chi connectivity index (χ3n) is 6.96. The Morgan fingerprint density at radius 2 is 1.68 bits per heavy atom. The maximum Gasteiger partial charge on any atom is 0.171 e. The van der Waals surface area contributed by atoms with Crippen LogP contribution < -0.4 is 10.1 Å². The quantitative estimate of drug-likeness (QED) is 0.225. The zero-order valence-electron chi connectivity index (χ0n) is 21.0. The first-order chi connectivity index (χ1) is 18.7. The molecular formula is C30H29BrN6O. The van der Waals surface area contributed by atoms with Crippen LogP contribution in [0.1, 0.15) is 35.6 Å². The molecule has 192 valence electrons. The van der Waals surface area contributed by atoms with Gasteiger partial charge in [0, 0.05) is 43.2 Å². The Hall–Kier alpha value is -3.75. The third-order valence-corrected chi connectivity index (χ3v) is 7.52. The minimum absolute atomic E-state index is 0.415. The Bertz CT molecular complexity index is 1480. The summed E-state index contributed by atoms with van der Waals surface area (Å²) in [6.07, 6.45) is 7.63. The first-order valence-electron chi connectivity index (χ1n) is 12.9. The lowest BCUT2D eigenvalue weighted by Gasteiger charge is -2.32. The smallest absolute Gasteiger partial charge is 0.171 e. The van der Waals surface area contributed by atoms with Gasteiger partial charge in [-0.2, -0.15) is 9.61 Å². The largest absolute Gasteiger partial charge is 0.457 e. The van der Waals surface area contributed by atoms with Gasteiger partial charge in [0.1, 0.15) is 17.3 Å². The van der Waals surface area contributed by atoms with Gasteiger partial charge in [-0.15, -0.1) is 0 Å². The Balaban J connectivity index is 1.09. The van der Waals surface area contributed by atoms with E-state index in [2.05, 4.69) is 72.6 Å². The van der Waals surface area contributed by atoms with Crippen molar-refractivity contribution >= 4 is 27.4 Å². The van der Waals surface area contributed by atoms with Crippen LogP contribution in [0.5, 0.6) is 11.5 Å². The van der Waals surface area contributed by atoms with E-state index in [1.807, 2.05) is 47.1 Å². The van der Waals surface area contributed by atoms with E-state index < -0.39 is 0 Å². The van der Waals surface area contributed by atoms with Crippen LogP contribution in [0.25, 0.3) is 5.65 Å². The number of hydrogen-bond donors (Lipinski definition) is 1. The van der Waals surface area contributed by atoms with Gasteiger partial charge in [-0.05, 0) is 83.3 Å². The highest BCUT2D eigenvalue weighted by Gasteiger charge is 2.23. The number of pyridine rings is 1. The number of nitrogens with one attached hydrogen (secondary N) is 1. The summed E-state index contributed by atoms with van der Waals surface area (Å²) in [5.41, 5.74) is 4.39. The Morgan fingerprint density at radius 1 is 0.895 bits per heavy atom. The van der Waals surface area contributed by atoms with Crippen molar-refractivity contribution in [2.75, 3.05) is 18.4 Å². The summed E-state index contributed by atoms with van der Waals surface area (Å²) in [5.74, 6) is 3.07. The number of aromatic nitrogens is 4. The molecule has 2 aromatic carbocycles. The molecule has 0 atom stereocenters. The number of benzene rings is 2. The molecule has 1 fully saturated rings. The van der Waals surface area contributed by atoms with Gasteiger partial charge in [-0.25, -0.2) is 4.98 Å². The zero-order valence-corrected chi connectivity index (χ0v) is 22.6. The van der Waals surface area contributed by atoms with Crippen LogP contribution in [0.15, 0.2) is 95.9 Å². The van der Waals surface area contributed by atoms with Gasteiger partial charge < -0.3 is 10.1 Å². The first-order valence-corrected chi connectivity index (χ1v) is 13.7. The molecular weight excluding hydrogens is 540 g/mol. The molecule has 7 nitrogen and oxygen atoms in total. The summed E-state index contributed by atoms with van der Waals surface area (Å²) in [5, 5.41) is 8.05. The molecule has 1 saturated heterocycles. The number of likely N-dealkylation sites (tertiary alicyclic amines) is 1. The average Bonchev–Trinajstić information content (AvgIpc) is 3.35. The van der Waals surface area contributed by atoms with Gasteiger partial charge in [0.2, 0.25) is 0 Å².